The minimum atomic E-state index is -4.01. The van der Waals surface area contributed by atoms with Crippen molar-refractivity contribution in [2.75, 3.05) is 26.2 Å². The lowest BCUT2D eigenvalue weighted by molar-refractivity contribution is -0.135. The minimum absolute atomic E-state index is 0.0399. The number of carbonyl (C=O) groups is 2. The van der Waals surface area contributed by atoms with Crippen LogP contribution in [-0.2, 0) is 21.4 Å². The molecule has 7 nitrogen and oxygen atoms in total. The second-order valence-corrected chi connectivity index (χ2v) is 13.2. The van der Waals surface area contributed by atoms with Gasteiger partial charge in [-0.3, -0.25) is 9.59 Å². The summed E-state index contributed by atoms with van der Waals surface area (Å²) in [6, 6.07) is 16.7. The molecule has 0 saturated carbocycles. The summed E-state index contributed by atoms with van der Waals surface area (Å²) in [5, 5.41) is 0.398. The maximum Gasteiger partial charge on any atom is 0.253 e. The van der Waals surface area contributed by atoms with Crippen LogP contribution >= 0.6 is 11.6 Å². The van der Waals surface area contributed by atoms with Gasteiger partial charge in [0, 0.05) is 42.8 Å². The molecule has 4 rings (SSSR count). The monoisotopic (exact) mass is 617 g/mol. The molecule has 1 aliphatic rings. The Bertz CT molecular complexity index is 1480. The van der Waals surface area contributed by atoms with Gasteiger partial charge in [-0.2, -0.15) is 4.31 Å². The third-order valence-electron chi connectivity index (χ3n) is 7.20. The Balaban J connectivity index is 1.55. The molecule has 0 bridgehead atoms. The molecule has 2 amide bonds. The van der Waals surface area contributed by atoms with Gasteiger partial charge in [0.15, 0.2) is 0 Å². The molecule has 1 heterocycles. The number of nitrogens with zero attached hydrogens (tertiary/aromatic N) is 3. The van der Waals surface area contributed by atoms with E-state index in [0.717, 1.165) is 0 Å². The predicted molar refractivity (Wildman–Crippen MR) is 157 cm³/mol. The van der Waals surface area contributed by atoms with Crippen LogP contribution in [0.2, 0.25) is 5.02 Å². The van der Waals surface area contributed by atoms with Crippen LogP contribution in [-0.4, -0.2) is 66.6 Å². The first-order chi connectivity index (χ1) is 19.9. The Kier molecular flexibility index (Phi) is 10.3. The fourth-order valence-electron chi connectivity index (χ4n) is 5.02. The molecule has 42 heavy (non-hydrogen) atoms. The molecule has 3 aromatic rings. The zero-order valence-electron chi connectivity index (χ0n) is 23.5. The van der Waals surface area contributed by atoms with Crippen LogP contribution in [0, 0.1) is 17.6 Å². The summed E-state index contributed by atoms with van der Waals surface area (Å²) in [5.41, 5.74) is 1.08. The van der Waals surface area contributed by atoms with Crippen LogP contribution in [0.3, 0.4) is 0 Å². The van der Waals surface area contributed by atoms with E-state index in [1.165, 1.54) is 65.0 Å². The smallest absolute Gasteiger partial charge is 0.253 e. The number of carbonyl (C=O) groups excluding carboxylic acids is 2. The van der Waals surface area contributed by atoms with Gasteiger partial charge in [0.05, 0.1) is 11.4 Å². The summed E-state index contributed by atoms with van der Waals surface area (Å²) in [6.45, 7) is 4.40. The van der Waals surface area contributed by atoms with E-state index in [1.54, 1.807) is 21.9 Å². The van der Waals surface area contributed by atoms with Gasteiger partial charge < -0.3 is 9.80 Å². The van der Waals surface area contributed by atoms with Gasteiger partial charge in [-0.25, -0.2) is 17.2 Å². The van der Waals surface area contributed by atoms with Crippen molar-refractivity contribution in [3.63, 3.8) is 0 Å². The Morgan fingerprint density at radius 2 is 1.45 bits per heavy atom. The Morgan fingerprint density at radius 3 is 2.00 bits per heavy atom. The molecule has 3 aromatic carbocycles. The number of halogens is 3. The average molecular weight is 618 g/mol. The second kappa shape index (κ2) is 13.8. The first-order valence-electron chi connectivity index (χ1n) is 13.8. The molecule has 1 fully saturated rings. The van der Waals surface area contributed by atoms with Crippen molar-refractivity contribution in [2.24, 2.45) is 5.92 Å². The third-order valence-corrected chi connectivity index (χ3v) is 9.28. The van der Waals surface area contributed by atoms with E-state index in [4.69, 9.17) is 11.6 Å². The van der Waals surface area contributed by atoms with Crippen molar-refractivity contribution in [3.8, 4) is 0 Å². The second-order valence-electron chi connectivity index (χ2n) is 10.8. The molecule has 0 aliphatic carbocycles. The molecule has 1 aliphatic heterocycles. The zero-order chi connectivity index (χ0) is 30.4. The van der Waals surface area contributed by atoms with Crippen molar-refractivity contribution >= 4 is 33.4 Å². The van der Waals surface area contributed by atoms with E-state index < -0.39 is 21.7 Å². The highest BCUT2D eigenvalue weighted by Gasteiger charge is 2.34. The van der Waals surface area contributed by atoms with Gasteiger partial charge in [-0.15, -0.1) is 0 Å². The summed E-state index contributed by atoms with van der Waals surface area (Å²) in [4.78, 5) is 30.2. The lowest BCUT2D eigenvalue weighted by Gasteiger charge is -2.39. The fraction of sp³-hybridized carbons (Fsp3) is 0.355. The van der Waals surface area contributed by atoms with Crippen molar-refractivity contribution in [3.05, 3.63) is 101 Å². The summed E-state index contributed by atoms with van der Waals surface area (Å²) < 4.78 is 55.3. The molecule has 11 heteroatoms. The highest BCUT2D eigenvalue weighted by atomic mass is 35.5. The van der Waals surface area contributed by atoms with Gasteiger partial charge in [0.25, 0.3) is 5.91 Å². The molecule has 224 valence electrons. The molecule has 0 atom stereocenters. The van der Waals surface area contributed by atoms with Crippen molar-refractivity contribution in [1.82, 2.24) is 14.1 Å². The van der Waals surface area contributed by atoms with Crippen molar-refractivity contribution < 1.29 is 26.8 Å². The number of hydrogen-bond acceptors (Lipinski definition) is 4. The predicted octanol–water partition coefficient (Wildman–Crippen LogP) is 5.60. The van der Waals surface area contributed by atoms with Crippen LogP contribution in [0.4, 0.5) is 8.78 Å². The SMILES string of the molecule is CC(C)CN(CC(=O)N(Cc1ccc(F)cc1)C1CCN(C(=O)c2ccc(F)cc2)CC1)S(=O)(=O)c1ccc(Cl)cc1. The van der Waals surface area contributed by atoms with E-state index in [1.807, 2.05) is 13.8 Å². The number of sulfonamides is 1. The molecule has 1 saturated heterocycles. The number of likely N-dealkylation sites (tertiary alicyclic amines) is 1. The zero-order valence-corrected chi connectivity index (χ0v) is 25.1. The van der Waals surface area contributed by atoms with Crippen LogP contribution < -0.4 is 0 Å². The van der Waals surface area contributed by atoms with Crippen LogP contribution in [0.15, 0.2) is 77.7 Å². The standard InChI is InChI=1S/C31H34ClF2N3O4S/c1-22(2)19-36(42(40,41)29-13-7-25(32)8-14-29)21-30(38)37(20-23-3-9-26(33)10-4-23)28-15-17-35(18-16-28)31(39)24-5-11-27(34)12-6-24/h3-14,22,28H,15-21H2,1-2H3. The van der Waals surface area contributed by atoms with Gasteiger partial charge in [-0.1, -0.05) is 37.6 Å². The van der Waals surface area contributed by atoms with Crippen molar-refractivity contribution in [1.29, 1.82) is 0 Å². The normalized spacial score (nSPS) is 14.4. The fourth-order valence-corrected chi connectivity index (χ4v) is 6.69. The van der Waals surface area contributed by atoms with Crippen molar-refractivity contribution in [2.45, 2.75) is 44.2 Å². The largest absolute Gasteiger partial charge is 0.338 e. The number of amides is 2. The molecular weight excluding hydrogens is 584 g/mol. The average Bonchev–Trinajstić information content (AvgIpc) is 2.96. The molecule has 0 aromatic heterocycles. The quantitative estimate of drug-likeness (QED) is 0.297. The first kappa shape index (κ1) is 31.6. The maximum absolute atomic E-state index is 13.9. The summed E-state index contributed by atoms with van der Waals surface area (Å²) in [5.74, 6) is -1.49. The highest BCUT2D eigenvalue weighted by molar-refractivity contribution is 7.89. The van der Waals surface area contributed by atoms with E-state index in [2.05, 4.69) is 0 Å². The summed E-state index contributed by atoms with van der Waals surface area (Å²) in [7, 11) is -4.01. The summed E-state index contributed by atoms with van der Waals surface area (Å²) in [6.07, 6.45) is 0.933. The molecular formula is C31H34ClF2N3O4S. The van der Waals surface area contributed by atoms with Crippen LogP contribution in [0.25, 0.3) is 0 Å². The minimum Gasteiger partial charge on any atom is -0.338 e. The van der Waals surface area contributed by atoms with E-state index in [0.29, 0.717) is 42.1 Å². The topological polar surface area (TPSA) is 78.0 Å². The van der Waals surface area contributed by atoms with Gasteiger partial charge >= 0.3 is 0 Å². The van der Waals surface area contributed by atoms with Crippen LogP contribution in [0.5, 0.6) is 0 Å². The highest BCUT2D eigenvalue weighted by Crippen LogP contribution is 2.24. The molecule has 0 spiro atoms. The Hall–Kier alpha value is -3.34. The number of rotatable bonds is 10. The molecule has 0 radical (unpaired) electrons. The first-order valence-corrected chi connectivity index (χ1v) is 15.6. The van der Waals surface area contributed by atoms with Gasteiger partial charge in [0.1, 0.15) is 11.6 Å². The lowest BCUT2D eigenvalue weighted by atomic mass is 10.0. The Labute approximate surface area is 250 Å². The van der Waals surface area contributed by atoms with E-state index in [9.17, 15) is 26.8 Å². The maximum atomic E-state index is 13.9. The van der Waals surface area contributed by atoms with E-state index in [-0.39, 0.29) is 48.3 Å². The van der Waals surface area contributed by atoms with Crippen LogP contribution in [0.1, 0.15) is 42.6 Å². The number of hydrogen-bond donors (Lipinski definition) is 0. The number of benzene rings is 3. The lowest BCUT2D eigenvalue weighted by Crippen LogP contribution is -2.51. The third kappa shape index (κ3) is 7.93. The molecule has 0 N–H and O–H groups in total. The van der Waals surface area contributed by atoms with Gasteiger partial charge in [-0.05, 0) is 85.0 Å². The summed E-state index contributed by atoms with van der Waals surface area (Å²) >= 11 is 5.96. The number of piperidine rings is 1. The molecule has 0 unspecified atom stereocenters. The van der Waals surface area contributed by atoms with E-state index >= 15 is 0 Å². The Morgan fingerprint density at radius 1 is 0.905 bits per heavy atom. The van der Waals surface area contributed by atoms with Gasteiger partial charge in [0.2, 0.25) is 15.9 Å².